The average Bonchev–Trinajstić information content (AvgIpc) is 3.42. The molecule has 2 aliphatic heterocycles. The van der Waals surface area contributed by atoms with Crippen LogP contribution < -0.4 is 15.5 Å². The standard InChI is InChI=1S/C29H43N5O5/c1-17(2)14-22(30-19(5)35)29(39)34-16-25(36)26-24(34)12-13-33(26)28(38)23(15-18(3)4)31-27(37)20-8-10-21(11-9-20)32(6)7/h8-11,17-18,22-24,26H,12-16H2,1-7H3,(H,30,35)(H,31,37)/t22-,23-,24+,26-/m0/s1. The summed E-state index contributed by atoms with van der Waals surface area (Å²) < 4.78 is 0. The molecule has 0 aromatic heterocycles. The zero-order valence-electron chi connectivity index (χ0n) is 24.2. The van der Waals surface area contributed by atoms with Gasteiger partial charge in [-0.25, -0.2) is 0 Å². The SMILES string of the molecule is CC(=O)N[C@@H](CC(C)C)C(=O)N1CC(=O)[C@@H]2[C@H]1CCN2C(=O)[C@H](CC(C)C)NC(=O)c1ccc(N(C)C)cc1. The van der Waals surface area contributed by atoms with E-state index in [1.165, 1.54) is 11.8 Å². The Morgan fingerprint density at radius 2 is 1.44 bits per heavy atom. The predicted molar refractivity (Wildman–Crippen MR) is 149 cm³/mol. The molecule has 2 N–H and O–H groups in total. The van der Waals surface area contributed by atoms with Gasteiger partial charge < -0.3 is 25.3 Å². The molecule has 0 unspecified atom stereocenters. The van der Waals surface area contributed by atoms with Gasteiger partial charge in [-0.2, -0.15) is 0 Å². The van der Waals surface area contributed by atoms with E-state index in [1.54, 1.807) is 17.0 Å². The van der Waals surface area contributed by atoms with Crippen LogP contribution in [0.5, 0.6) is 0 Å². The smallest absolute Gasteiger partial charge is 0.251 e. The molecule has 2 heterocycles. The summed E-state index contributed by atoms with van der Waals surface area (Å²) in [6, 6.07) is 4.43. The molecule has 0 spiro atoms. The first-order valence-corrected chi connectivity index (χ1v) is 13.8. The topological polar surface area (TPSA) is 119 Å². The van der Waals surface area contributed by atoms with E-state index in [-0.39, 0.29) is 47.8 Å². The van der Waals surface area contributed by atoms with E-state index in [1.807, 2.05) is 58.8 Å². The van der Waals surface area contributed by atoms with Crippen molar-refractivity contribution in [2.75, 3.05) is 32.1 Å². The van der Waals surface area contributed by atoms with Gasteiger partial charge in [0.15, 0.2) is 5.78 Å². The van der Waals surface area contributed by atoms with E-state index in [0.717, 1.165) is 5.69 Å². The minimum atomic E-state index is -0.796. The maximum atomic E-state index is 13.8. The van der Waals surface area contributed by atoms with Crippen LogP contribution in [0.3, 0.4) is 0 Å². The molecule has 0 aliphatic carbocycles. The lowest BCUT2D eigenvalue weighted by Crippen LogP contribution is -2.53. The Labute approximate surface area is 231 Å². The van der Waals surface area contributed by atoms with Gasteiger partial charge in [0.05, 0.1) is 12.6 Å². The van der Waals surface area contributed by atoms with Crippen molar-refractivity contribution in [2.24, 2.45) is 11.8 Å². The molecule has 2 fully saturated rings. The van der Waals surface area contributed by atoms with Crippen LogP contribution in [0.2, 0.25) is 0 Å². The van der Waals surface area contributed by atoms with Crippen LogP contribution >= 0.6 is 0 Å². The van der Waals surface area contributed by atoms with Gasteiger partial charge >= 0.3 is 0 Å². The maximum Gasteiger partial charge on any atom is 0.251 e. The molecule has 2 saturated heterocycles. The largest absolute Gasteiger partial charge is 0.378 e. The van der Waals surface area contributed by atoms with E-state index in [4.69, 9.17) is 0 Å². The summed E-state index contributed by atoms with van der Waals surface area (Å²) >= 11 is 0. The van der Waals surface area contributed by atoms with Gasteiger partial charge in [-0.15, -0.1) is 0 Å². The molecule has 10 nitrogen and oxygen atoms in total. The first-order chi connectivity index (χ1) is 18.3. The third-order valence-electron chi connectivity index (χ3n) is 7.33. The first-order valence-electron chi connectivity index (χ1n) is 13.8. The number of carbonyl (C=O) groups excluding carboxylic acids is 5. The molecule has 10 heteroatoms. The molecule has 1 aromatic carbocycles. The second-order valence-electron chi connectivity index (χ2n) is 11.7. The number of benzene rings is 1. The van der Waals surface area contributed by atoms with Gasteiger partial charge in [-0.3, -0.25) is 24.0 Å². The molecule has 214 valence electrons. The van der Waals surface area contributed by atoms with E-state index in [0.29, 0.717) is 31.4 Å². The first kappa shape index (κ1) is 30.1. The van der Waals surface area contributed by atoms with Crippen LogP contribution in [0.4, 0.5) is 5.69 Å². The minimum Gasteiger partial charge on any atom is -0.378 e. The number of nitrogens with one attached hydrogen (secondary N) is 2. The number of fused-ring (bicyclic) bond motifs is 1. The summed E-state index contributed by atoms with van der Waals surface area (Å²) in [7, 11) is 3.83. The average molecular weight is 542 g/mol. The fourth-order valence-corrected chi connectivity index (χ4v) is 5.54. The number of carbonyl (C=O) groups is 5. The van der Waals surface area contributed by atoms with Crippen LogP contribution in [0, 0.1) is 11.8 Å². The highest BCUT2D eigenvalue weighted by molar-refractivity contribution is 6.01. The number of ketones is 1. The van der Waals surface area contributed by atoms with Crippen molar-refractivity contribution in [2.45, 2.75) is 78.0 Å². The number of rotatable bonds is 10. The number of Topliss-reactive ketones (excluding diaryl/α,β-unsaturated/α-hetero) is 1. The lowest BCUT2D eigenvalue weighted by molar-refractivity contribution is -0.138. The highest BCUT2D eigenvalue weighted by Gasteiger charge is 2.53. The van der Waals surface area contributed by atoms with Gasteiger partial charge in [0.2, 0.25) is 17.7 Å². The Bertz CT molecular complexity index is 1080. The second kappa shape index (κ2) is 12.6. The summed E-state index contributed by atoms with van der Waals surface area (Å²) in [5.74, 6) is -1.15. The second-order valence-corrected chi connectivity index (χ2v) is 11.7. The van der Waals surface area contributed by atoms with Crippen molar-refractivity contribution in [3.05, 3.63) is 29.8 Å². The van der Waals surface area contributed by atoms with E-state index in [9.17, 15) is 24.0 Å². The van der Waals surface area contributed by atoms with Crippen LogP contribution in [0.1, 0.15) is 64.2 Å². The third-order valence-corrected chi connectivity index (χ3v) is 7.33. The number of hydrogen-bond acceptors (Lipinski definition) is 6. The Hall–Kier alpha value is -3.43. The molecule has 0 radical (unpaired) electrons. The van der Waals surface area contributed by atoms with Crippen molar-refractivity contribution in [1.82, 2.24) is 20.4 Å². The number of nitrogens with zero attached hydrogens (tertiary/aromatic N) is 3. The quantitative estimate of drug-likeness (QED) is 0.467. The molecule has 2 aliphatic rings. The lowest BCUT2D eigenvalue weighted by atomic mass is 10.0. The number of anilines is 1. The Balaban J connectivity index is 1.77. The van der Waals surface area contributed by atoms with Crippen molar-refractivity contribution in [1.29, 1.82) is 0 Å². The molecule has 0 bridgehead atoms. The third kappa shape index (κ3) is 7.16. The number of amides is 4. The molecule has 0 saturated carbocycles. The van der Waals surface area contributed by atoms with Crippen molar-refractivity contribution in [3.63, 3.8) is 0 Å². The molecule has 1 aromatic rings. The normalized spacial score (nSPS) is 20.2. The van der Waals surface area contributed by atoms with Crippen LogP contribution in [0.25, 0.3) is 0 Å². The van der Waals surface area contributed by atoms with Gasteiger partial charge in [-0.1, -0.05) is 27.7 Å². The predicted octanol–water partition coefficient (Wildman–Crippen LogP) is 1.83. The Morgan fingerprint density at radius 1 is 0.897 bits per heavy atom. The van der Waals surface area contributed by atoms with Gasteiger partial charge in [0.25, 0.3) is 5.91 Å². The van der Waals surface area contributed by atoms with Crippen LogP contribution in [-0.4, -0.2) is 90.6 Å². The zero-order valence-corrected chi connectivity index (χ0v) is 24.2. The molecular formula is C29H43N5O5. The van der Waals surface area contributed by atoms with E-state index < -0.39 is 24.2 Å². The molecule has 4 amide bonds. The maximum absolute atomic E-state index is 13.8. The van der Waals surface area contributed by atoms with Gasteiger partial charge in [-0.05, 0) is 55.4 Å². The van der Waals surface area contributed by atoms with Gasteiger partial charge in [0, 0.05) is 38.8 Å². The lowest BCUT2D eigenvalue weighted by Gasteiger charge is -2.30. The van der Waals surface area contributed by atoms with Gasteiger partial charge in [0.1, 0.15) is 18.1 Å². The van der Waals surface area contributed by atoms with Crippen LogP contribution in [-0.2, 0) is 19.2 Å². The molecular weight excluding hydrogens is 498 g/mol. The number of hydrogen-bond donors (Lipinski definition) is 2. The van der Waals surface area contributed by atoms with E-state index in [2.05, 4.69) is 10.6 Å². The highest BCUT2D eigenvalue weighted by atomic mass is 16.2. The van der Waals surface area contributed by atoms with E-state index >= 15 is 0 Å². The van der Waals surface area contributed by atoms with Crippen LogP contribution in [0.15, 0.2) is 24.3 Å². The summed E-state index contributed by atoms with van der Waals surface area (Å²) in [5.41, 5.74) is 1.40. The summed E-state index contributed by atoms with van der Waals surface area (Å²) in [4.78, 5) is 70.2. The Kier molecular flexibility index (Phi) is 9.74. The fourth-order valence-electron chi connectivity index (χ4n) is 5.54. The monoisotopic (exact) mass is 541 g/mol. The Morgan fingerprint density at radius 3 is 1.95 bits per heavy atom. The summed E-state index contributed by atoms with van der Waals surface area (Å²) in [5, 5.41) is 5.63. The molecule has 3 rings (SSSR count). The zero-order chi connectivity index (χ0) is 29.0. The highest BCUT2D eigenvalue weighted by Crippen LogP contribution is 2.31. The molecule has 4 atom stereocenters. The minimum absolute atomic E-state index is 0.0917. The fraction of sp³-hybridized carbons (Fsp3) is 0.621. The number of likely N-dealkylation sites (tertiary alicyclic amines) is 2. The summed E-state index contributed by atoms with van der Waals surface area (Å²) in [6.07, 6.45) is 1.35. The van der Waals surface area contributed by atoms with Crippen molar-refractivity contribution < 1.29 is 24.0 Å². The molecule has 39 heavy (non-hydrogen) atoms. The van der Waals surface area contributed by atoms with Crippen molar-refractivity contribution >= 4 is 35.1 Å². The van der Waals surface area contributed by atoms with Crippen molar-refractivity contribution in [3.8, 4) is 0 Å². The summed E-state index contributed by atoms with van der Waals surface area (Å²) in [6.45, 7) is 9.48.